The smallest absolute Gasteiger partial charge is 0.234 e. The highest BCUT2D eigenvalue weighted by Crippen LogP contribution is 2.14. The lowest BCUT2D eigenvalue weighted by molar-refractivity contribution is -0.120. The number of halogens is 2. The number of methoxy groups -OCH3 is 1. The molecule has 6 nitrogen and oxygen atoms in total. The minimum absolute atomic E-state index is 0. The van der Waals surface area contributed by atoms with E-state index in [0.717, 1.165) is 23.4 Å². The standard InChI is InChI=1S/C15H22N4O2.2ClH/c1-12-18-13-5-3-4-6-14(13)19(12)9-7-17-15(20)11-16-8-10-21-2;;/h3-6,16H,7-11H2,1-2H3,(H,17,20);2*1H. The van der Waals surface area contributed by atoms with E-state index in [1.807, 2.05) is 31.2 Å². The summed E-state index contributed by atoms with van der Waals surface area (Å²) in [4.78, 5) is 16.1. The number of ether oxygens (including phenoxy) is 1. The summed E-state index contributed by atoms with van der Waals surface area (Å²) >= 11 is 0. The zero-order chi connectivity index (χ0) is 15.1. The number of amides is 1. The van der Waals surface area contributed by atoms with Gasteiger partial charge in [0.15, 0.2) is 0 Å². The van der Waals surface area contributed by atoms with Gasteiger partial charge in [-0.05, 0) is 19.1 Å². The van der Waals surface area contributed by atoms with Gasteiger partial charge in [-0.15, -0.1) is 24.8 Å². The number of carbonyl (C=O) groups is 1. The number of aryl methyl sites for hydroxylation is 1. The third kappa shape index (κ3) is 6.35. The van der Waals surface area contributed by atoms with E-state index in [1.54, 1.807) is 7.11 Å². The Hall–Kier alpha value is -1.34. The maximum absolute atomic E-state index is 11.6. The van der Waals surface area contributed by atoms with E-state index in [4.69, 9.17) is 4.74 Å². The Labute approximate surface area is 148 Å². The molecular weight excluding hydrogens is 339 g/mol. The average molecular weight is 363 g/mol. The number of nitrogens with zero attached hydrogens (tertiary/aromatic N) is 2. The van der Waals surface area contributed by atoms with Crippen molar-refractivity contribution in [1.82, 2.24) is 20.2 Å². The van der Waals surface area contributed by atoms with Gasteiger partial charge in [0.25, 0.3) is 0 Å². The normalized spacial score (nSPS) is 10.0. The first-order chi connectivity index (χ1) is 10.2. The van der Waals surface area contributed by atoms with E-state index in [-0.39, 0.29) is 30.7 Å². The summed E-state index contributed by atoms with van der Waals surface area (Å²) in [5.41, 5.74) is 2.09. The Balaban J connectivity index is 0.00000242. The molecule has 2 aromatic rings. The molecule has 130 valence electrons. The monoisotopic (exact) mass is 362 g/mol. The second kappa shape index (κ2) is 11.2. The predicted molar refractivity (Wildman–Crippen MR) is 96.7 cm³/mol. The minimum atomic E-state index is -0.00632. The van der Waals surface area contributed by atoms with Gasteiger partial charge in [-0.2, -0.15) is 0 Å². The second-order valence-electron chi connectivity index (χ2n) is 4.82. The molecule has 1 aromatic carbocycles. The summed E-state index contributed by atoms with van der Waals surface area (Å²) < 4.78 is 7.02. The first-order valence-electron chi connectivity index (χ1n) is 7.10. The molecule has 0 atom stereocenters. The Morgan fingerprint density at radius 1 is 1.26 bits per heavy atom. The van der Waals surface area contributed by atoms with Gasteiger partial charge < -0.3 is 19.9 Å². The van der Waals surface area contributed by atoms with Gasteiger partial charge in [-0.3, -0.25) is 4.79 Å². The number of hydrogen-bond acceptors (Lipinski definition) is 4. The number of imidazole rings is 1. The third-order valence-electron chi connectivity index (χ3n) is 3.27. The molecule has 0 unspecified atom stereocenters. The van der Waals surface area contributed by atoms with E-state index < -0.39 is 0 Å². The van der Waals surface area contributed by atoms with E-state index in [9.17, 15) is 4.79 Å². The maximum Gasteiger partial charge on any atom is 0.234 e. The van der Waals surface area contributed by atoms with Gasteiger partial charge >= 0.3 is 0 Å². The van der Waals surface area contributed by atoms with Crippen molar-refractivity contribution in [2.75, 3.05) is 33.4 Å². The van der Waals surface area contributed by atoms with Crippen LogP contribution in [0.1, 0.15) is 5.82 Å². The van der Waals surface area contributed by atoms with Crippen molar-refractivity contribution in [2.45, 2.75) is 13.5 Å². The summed E-state index contributed by atoms with van der Waals surface area (Å²) in [7, 11) is 1.64. The second-order valence-corrected chi connectivity index (χ2v) is 4.82. The van der Waals surface area contributed by atoms with Crippen LogP contribution in [0.3, 0.4) is 0 Å². The van der Waals surface area contributed by atoms with Crippen LogP contribution in [0.4, 0.5) is 0 Å². The van der Waals surface area contributed by atoms with E-state index >= 15 is 0 Å². The highest BCUT2D eigenvalue weighted by atomic mass is 35.5. The van der Waals surface area contributed by atoms with Crippen LogP contribution in [-0.4, -0.2) is 48.8 Å². The molecule has 1 amide bonds. The molecular formula is C15H24Cl2N4O2. The fourth-order valence-corrected chi connectivity index (χ4v) is 2.22. The fourth-order valence-electron chi connectivity index (χ4n) is 2.22. The molecule has 0 saturated carbocycles. The molecule has 0 radical (unpaired) electrons. The number of fused-ring (bicyclic) bond motifs is 1. The molecule has 8 heteroatoms. The van der Waals surface area contributed by atoms with E-state index in [1.165, 1.54) is 0 Å². The molecule has 2 rings (SSSR count). The van der Waals surface area contributed by atoms with Gasteiger partial charge in [0.1, 0.15) is 5.82 Å². The molecule has 0 saturated heterocycles. The molecule has 0 spiro atoms. The summed E-state index contributed by atoms with van der Waals surface area (Å²) in [6, 6.07) is 8.02. The van der Waals surface area contributed by atoms with Crippen LogP contribution in [0, 0.1) is 6.92 Å². The van der Waals surface area contributed by atoms with Crippen LogP contribution in [0.25, 0.3) is 11.0 Å². The topological polar surface area (TPSA) is 68.2 Å². The first kappa shape index (κ1) is 21.7. The first-order valence-corrected chi connectivity index (χ1v) is 7.10. The Bertz CT molecular complexity index is 604. The number of rotatable bonds is 8. The summed E-state index contributed by atoms with van der Waals surface area (Å²) in [5, 5.41) is 5.91. The van der Waals surface area contributed by atoms with Crippen molar-refractivity contribution in [2.24, 2.45) is 0 Å². The number of carbonyl (C=O) groups excluding carboxylic acids is 1. The number of hydrogen-bond donors (Lipinski definition) is 2. The minimum Gasteiger partial charge on any atom is -0.383 e. The van der Waals surface area contributed by atoms with Crippen molar-refractivity contribution in [3.8, 4) is 0 Å². The largest absolute Gasteiger partial charge is 0.383 e. The maximum atomic E-state index is 11.6. The lowest BCUT2D eigenvalue weighted by Gasteiger charge is -2.09. The van der Waals surface area contributed by atoms with Gasteiger partial charge in [0.2, 0.25) is 5.91 Å². The lowest BCUT2D eigenvalue weighted by atomic mass is 10.3. The Kier molecular flexibility index (Phi) is 10.6. The SMILES string of the molecule is COCCNCC(=O)NCCn1c(C)nc2ccccc21.Cl.Cl. The molecule has 0 aliphatic heterocycles. The molecule has 0 bridgehead atoms. The van der Waals surface area contributed by atoms with Gasteiger partial charge in [-0.1, -0.05) is 12.1 Å². The van der Waals surface area contributed by atoms with Crippen LogP contribution in [0.2, 0.25) is 0 Å². The summed E-state index contributed by atoms with van der Waals surface area (Å²) in [5.74, 6) is 0.955. The van der Waals surface area contributed by atoms with Gasteiger partial charge in [0.05, 0.1) is 24.2 Å². The Morgan fingerprint density at radius 3 is 2.74 bits per heavy atom. The molecule has 0 aliphatic rings. The molecule has 23 heavy (non-hydrogen) atoms. The van der Waals surface area contributed by atoms with Crippen LogP contribution in [0.5, 0.6) is 0 Å². The number of para-hydroxylation sites is 2. The van der Waals surface area contributed by atoms with Crippen LogP contribution in [-0.2, 0) is 16.1 Å². The van der Waals surface area contributed by atoms with Crippen molar-refractivity contribution in [1.29, 1.82) is 0 Å². The summed E-state index contributed by atoms with van der Waals surface area (Å²) in [6.07, 6.45) is 0. The molecule has 0 fully saturated rings. The zero-order valence-corrected chi connectivity index (χ0v) is 15.0. The Morgan fingerprint density at radius 2 is 2.00 bits per heavy atom. The quantitative estimate of drug-likeness (QED) is 0.699. The number of aromatic nitrogens is 2. The van der Waals surface area contributed by atoms with Gasteiger partial charge in [0, 0.05) is 26.7 Å². The van der Waals surface area contributed by atoms with Crippen LogP contribution in [0.15, 0.2) is 24.3 Å². The van der Waals surface area contributed by atoms with Gasteiger partial charge in [-0.25, -0.2) is 4.98 Å². The van der Waals surface area contributed by atoms with Crippen LogP contribution >= 0.6 is 24.8 Å². The highest BCUT2D eigenvalue weighted by molar-refractivity contribution is 5.85. The lowest BCUT2D eigenvalue weighted by Crippen LogP contribution is -2.36. The predicted octanol–water partition coefficient (Wildman–Crippen LogP) is 1.54. The number of benzene rings is 1. The highest BCUT2D eigenvalue weighted by Gasteiger charge is 2.06. The zero-order valence-electron chi connectivity index (χ0n) is 13.4. The van der Waals surface area contributed by atoms with Crippen molar-refractivity contribution in [3.05, 3.63) is 30.1 Å². The van der Waals surface area contributed by atoms with E-state index in [2.05, 4.69) is 20.2 Å². The molecule has 0 aliphatic carbocycles. The fraction of sp³-hybridized carbons (Fsp3) is 0.467. The average Bonchev–Trinajstić information content (AvgIpc) is 2.80. The van der Waals surface area contributed by atoms with Crippen LogP contribution < -0.4 is 10.6 Å². The van der Waals surface area contributed by atoms with Crippen molar-refractivity contribution < 1.29 is 9.53 Å². The summed E-state index contributed by atoms with van der Waals surface area (Å²) in [6.45, 7) is 4.88. The third-order valence-corrected chi connectivity index (χ3v) is 3.27. The van der Waals surface area contributed by atoms with Crippen molar-refractivity contribution in [3.63, 3.8) is 0 Å². The molecule has 1 heterocycles. The molecule has 1 aromatic heterocycles. The van der Waals surface area contributed by atoms with Crippen molar-refractivity contribution >= 4 is 41.8 Å². The number of nitrogens with one attached hydrogen (secondary N) is 2. The van der Waals surface area contributed by atoms with E-state index in [0.29, 0.717) is 26.2 Å². The molecule has 2 N–H and O–H groups in total.